The molecule has 1 saturated carbocycles. The molecule has 1 N–H and O–H groups in total. The summed E-state index contributed by atoms with van der Waals surface area (Å²) in [5.74, 6) is 0.658. The first-order chi connectivity index (χ1) is 16.6. The number of amides is 1. The Labute approximate surface area is 206 Å². The highest BCUT2D eigenvalue weighted by Gasteiger charge is 2.43. The number of anilines is 1. The molecule has 2 fully saturated rings. The van der Waals surface area contributed by atoms with Gasteiger partial charge in [-0.25, -0.2) is 0 Å². The molecule has 3 atom stereocenters. The summed E-state index contributed by atoms with van der Waals surface area (Å²) in [6, 6.07) is 18.9. The fourth-order valence-corrected chi connectivity index (χ4v) is 6.70. The number of thioether (sulfide) groups is 1. The highest BCUT2D eigenvalue weighted by molar-refractivity contribution is 8.05. The van der Waals surface area contributed by atoms with E-state index < -0.39 is 0 Å². The summed E-state index contributed by atoms with van der Waals surface area (Å²) in [5, 5.41) is 4.82. The SMILES string of the molecule is C=CCn1c(C)c(/C=C2\SC(Nc3ccccc3)N([C@@H]3CCCC[C@H]3C)C2=O)c2ccccc21. The topological polar surface area (TPSA) is 37.3 Å². The van der Waals surface area contributed by atoms with Gasteiger partial charge in [0.15, 0.2) is 5.50 Å². The van der Waals surface area contributed by atoms with Crippen LogP contribution >= 0.6 is 11.8 Å². The third-order valence-electron chi connectivity index (χ3n) is 7.29. The normalized spacial score (nSPS) is 24.2. The Bertz CT molecular complexity index is 1230. The summed E-state index contributed by atoms with van der Waals surface area (Å²) < 4.78 is 2.28. The Morgan fingerprint density at radius 1 is 1.09 bits per heavy atom. The van der Waals surface area contributed by atoms with Crippen molar-refractivity contribution in [3.8, 4) is 0 Å². The van der Waals surface area contributed by atoms with Gasteiger partial charge < -0.3 is 14.8 Å². The molecule has 5 rings (SSSR count). The van der Waals surface area contributed by atoms with Gasteiger partial charge in [0.05, 0.1) is 4.91 Å². The van der Waals surface area contributed by atoms with Crippen molar-refractivity contribution in [3.63, 3.8) is 0 Å². The first-order valence-corrected chi connectivity index (χ1v) is 13.2. The minimum absolute atomic E-state index is 0.103. The lowest BCUT2D eigenvalue weighted by molar-refractivity contribution is -0.129. The van der Waals surface area contributed by atoms with Gasteiger partial charge in [0, 0.05) is 40.4 Å². The second-order valence-corrected chi connectivity index (χ2v) is 10.6. The molecular weight excluding hydrogens is 438 g/mol. The van der Waals surface area contributed by atoms with Gasteiger partial charge in [-0.15, -0.1) is 6.58 Å². The van der Waals surface area contributed by atoms with E-state index in [4.69, 9.17) is 0 Å². The predicted molar refractivity (Wildman–Crippen MR) is 145 cm³/mol. The van der Waals surface area contributed by atoms with E-state index in [-0.39, 0.29) is 17.4 Å². The van der Waals surface area contributed by atoms with Crippen molar-refractivity contribution in [2.45, 2.75) is 57.6 Å². The Hall–Kier alpha value is -2.92. The number of nitrogens with one attached hydrogen (secondary N) is 1. The Morgan fingerprint density at radius 2 is 1.82 bits per heavy atom. The van der Waals surface area contributed by atoms with E-state index in [1.165, 1.54) is 35.9 Å². The van der Waals surface area contributed by atoms with Crippen molar-refractivity contribution >= 4 is 40.3 Å². The van der Waals surface area contributed by atoms with Crippen LogP contribution in [-0.2, 0) is 11.3 Å². The maximum absolute atomic E-state index is 13.9. The van der Waals surface area contributed by atoms with Crippen molar-refractivity contribution in [2.24, 2.45) is 5.92 Å². The van der Waals surface area contributed by atoms with Crippen molar-refractivity contribution < 1.29 is 4.79 Å². The molecule has 1 aliphatic carbocycles. The van der Waals surface area contributed by atoms with Gasteiger partial charge in [-0.1, -0.05) is 74.0 Å². The van der Waals surface area contributed by atoms with Crippen molar-refractivity contribution in [2.75, 3.05) is 5.32 Å². The van der Waals surface area contributed by atoms with Gasteiger partial charge in [-0.2, -0.15) is 0 Å². The molecule has 1 aromatic heterocycles. The lowest BCUT2D eigenvalue weighted by Gasteiger charge is -2.39. The Kier molecular flexibility index (Phi) is 6.55. The molecule has 4 nitrogen and oxygen atoms in total. The molecule has 0 bridgehead atoms. The van der Waals surface area contributed by atoms with Crippen molar-refractivity contribution in [1.29, 1.82) is 0 Å². The van der Waals surface area contributed by atoms with Gasteiger partial charge in [-0.05, 0) is 50.0 Å². The molecule has 2 heterocycles. The van der Waals surface area contributed by atoms with Crippen molar-refractivity contribution in [1.82, 2.24) is 9.47 Å². The molecular formula is C29H33N3OS. The number of aromatic nitrogens is 1. The zero-order valence-corrected chi connectivity index (χ0v) is 20.9. The molecule has 1 saturated heterocycles. The van der Waals surface area contributed by atoms with E-state index in [1.807, 2.05) is 24.3 Å². The highest BCUT2D eigenvalue weighted by Crippen LogP contribution is 2.43. The van der Waals surface area contributed by atoms with Crippen LogP contribution in [0.5, 0.6) is 0 Å². The lowest BCUT2D eigenvalue weighted by Crippen LogP contribution is -2.48. The van der Waals surface area contributed by atoms with Crippen LogP contribution in [0.3, 0.4) is 0 Å². The lowest BCUT2D eigenvalue weighted by atomic mass is 9.85. The van der Waals surface area contributed by atoms with Crippen LogP contribution in [0.2, 0.25) is 0 Å². The maximum Gasteiger partial charge on any atom is 0.262 e. The van der Waals surface area contributed by atoms with Crippen LogP contribution in [0.25, 0.3) is 17.0 Å². The largest absolute Gasteiger partial charge is 0.356 e. The van der Waals surface area contributed by atoms with E-state index >= 15 is 0 Å². The number of rotatable bonds is 6. The first-order valence-electron chi connectivity index (χ1n) is 12.3. The monoisotopic (exact) mass is 471 g/mol. The average Bonchev–Trinajstić information content (AvgIpc) is 3.29. The smallest absolute Gasteiger partial charge is 0.262 e. The van der Waals surface area contributed by atoms with Crippen LogP contribution in [-0.4, -0.2) is 26.9 Å². The fourth-order valence-electron chi connectivity index (χ4n) is 5.50. The predicted octanol–water partition coefficient (Wildman–Crippen LogP) is 7.03. The summed E-state index contributed by atoms with van der Waals surface area (Å²) in [6.07, 6.45) is 8.76. The number of fused-ring (bicyclic) bond motifs is 1. The molecule has 1 aliphatic heterocycles. The van der Waals surface area contributed by atoms with Gasteiger partial charge in [0.2, 0.25) is 0 Å². The summed E-state index contributed by atoms with van der Waals surface area (Å²) in [4.78, 5) is 16.9. The molecule has 5 heteroatoms. The molecule has 0 radical (unpaired) electrons. The van der Waals surface area contributed by atoms with Crippen molar-refractivity contribution in [3.05, 3.63) is 83.4 Å². The Morgan fingerprint density at radius 3 is 2.59 bits per heavy atom. The van der Waals surface area contributed by atoms with E-state index in [2.05, 4.69) is 77.7 Å². The van der Waals surface area contributed by atoms with Gasteiger partial charge in [0.1, 0.15) is 0 Å². The molecule has 2 aromatic carbocycles. The average molecular weight is 472 g/mol. The number of hydrogen-bond acceptors (Lipinski definition) is 3. The molecule has 1 amide bonds. The number of carbonyl (C=O) groups excluding carboxylic acids is 1. The summed E-state index contributed by atoms with van der Waals surface area (Å²) in [7, 11) is 0. The van der Waals surface area contributed by atoms with E-state index in [9.17, 15) is 4.79 Å². The van der Waals surface area contributed by atoms with Crippen LogP contribution in [0, 0.1) is 12.8 Å². The van der Waals surface area contributed by atoms with Gasteiger partial charge in [0.25, 0.3) is 5.91 Å². The molecule has 1 unspecified atom stereocenters. The highest BCUT2D eigenvalue weighted by atomic mass is 32.2. The van der Waals surface area contributed by atoms with E-state index in [0.29, 0.717) is 5.92 Å². The third-order valence-corrected chi connectivity index (χ3v) is 8.41. The number of para-hydroxylation sites is 2. The fraction of sp³-hybridized carbons (Fsp3) is 0.345. The number of carbonyl (C=O) groups is 1. The molecule has 3 aromatic rings. The summed E-state index contributed by atoms with van der Waals surface area (Å²) >= 11 is 1.65. The van der Waals surface area contributed by atoms with Crippen LogP contribution in [0.15, 0.2) is 72.2 Å². The number of allylic oxidation sites excluding steroid dienone is 1. The molecule has 176 valence electrons. The van der Waals surface area contributed by atoms with Gasteiger partial charge >= 0.3 is 0 Å². The second-order valence-electron chi connectivity index (χ2n) is 9.45. The standard InChI is InChI=1S/C29H33N3OS/c1-4-18-31-21(3)24(23-15-9-11-17-26(23)31)19-27-28(33)32(25-16-10-8-12-20(25)2)29(34-27)30-22-13-6-5-7-14-22/h4-7,9,11,13-15,17,19-20,25,29-30H,1,8,10,12,16,18H2,2-3H3/b27-19-/t20-,25-,29?/m1/s1. The number of hydrogen-bond donors (Lipinski definition) is 1. The first kappa shape index (κ1) is 22.9. The quantitative estimate of drug-likeness (QED) is 0.310. The minimum Gasteiger partial charge on any atom is -0.356 e. The summed E-state index contributed by atoms with van der Waals surface area (Å²) in [5.41, 5.74) is 4.41. The third kappa shape index (κ3) is 4.18. The summed E-state index contributed by atoms with van der Waals surface area (Å²) in [6.45, 7) is 9.13. The minimum atomic E-state index is -0.103. The Balaban J connectivity index is 1.55. The van der Waals surface area contributed by atoms with Crippen LogP contribution < -0.4 is 5.32 Å². The van der Waals surface area contributed by atoms with E-state index in [0.717, 1.165) is 29.1 Å². The number of benzene rings is 2. The molecule has 2 aliphatic rings. The van der Waals surface area contributed by atoms with Crippen LogP contribution in [0.1, 0.15) is 43.9 Å². The molecule has 34 heavy (non-hydrogen) atoms. The molecule has 0 spiro atoms. The maximum atomic E-state index is 13.9. The van der Waals surface area contributed by atoms with Crippen LogP contribution in [0.4, 0.5) is 5.69 Å². The second kappa shape index (κ2) is 9.75. The van der Waals surface area contributed by atoms with Gasteiger partial charge in [-0.3, -0.25) is 4.79 Å². The number of nitrogens with zero attached hydrogens (tertiary/aromatic N) is 2. The zero-order valence-electron chi connectivity index (χ0n) is 20.0. The zero-order chi connectivity index (χ0) is 23.7. The van der Waals surface area contributed by atoms with E-state index in [1.54, 1.807) is 11.8 Å².